The van der Waals surface area contributed by atoms with Crippen molar-refractivity contribution in [2.45, 2.75) is 26.7 Å². The van der Waals surface area contributed by atoms with Gasteiger partial charge in [-0.05, 0) is 18.9 Å². The predicted molar refractivity (Wildman–Crippen MR) is 72.2 cm³/mol. The maximum Gasteiger partial charge on any atom is 0.311 e. The molecular weight excluding hydrogens is 267 g/mol. The summed E-state index contributed by atoms with van der Waals surface area (Å²) in [5.41, 5.74) is -1.32. The monoisotopic (exact) mass is 284 g/mol. The van der Waals surface area contributed by atoms with E-state index in [1.165, 1.54) is 0 Å². The number of benzene rings is 1. The minimum atomic E-state index is -1.03. The highest BCUT2D eigenvalue weighted by Crippen LogP contribution is 2.30. The van der Waals surface area contributed by atoms with Gasteiger partial charge in [-0.1, -0.05) is 13.8 Å². The largest absolute Gasteiger partial charge is 0.481 e. The number of aliphatic carboxylic acids is 1. The van der Waals surface area contributed by atoms with Crippen LogP contribution in [-0.4, -0.2) is 22.5 Å². The zero-order valence-corrected chi connectivity index (χ0v) is 11.4. The van der Waals surface area contributed by atoms with Crippen LogP contribution in [0.15, 0.2) is 18.2 Å². The van der Waals surface area contributed by atoms with Gasteiger partial charge in [0.1, 0.15) is 11.5 Å². The molecular formula is C13H17FN2O4. The van der Waals surface area contributed by atoms with E-state index >= 15 is 0 Å². The molecule has 20 heavy (non-hydrogen) atoms. The lowest BCUT2D eigenvalue weighted by molar-refractivity contribution is -0.384. The van der Waals surface area contributed by atoms with Gasteiger partial charge in [0.15, 0.2) is 0 Å². The number of rotatable bonds is 7. The van der Waals surface area contributed by atoms with Crippen LogP contribution < -0.4 is 5.32 Å². The van der Waals surface area contributed by atoms with Crippen LogP contribution in [0.5, 0.6) is 0 Å². The van der Waals surface area contributed by atoms with E-state index in [-0.39, 0.29) is 17.9 Å². The van der Waals surface area contributed by atoms with E-state index in [2.05, 4.69) is 5.32 Å². The number of nitro benzene ring substituents is 1. The first-order chi connectivity index (χ1) is 9.36. The summed E-state index contributed by atoms with van der Waals surface area (Å²) in [7, 11) is 0. The topological polar surface area (TPSA) is 92.5 Å². The lowest BCUT2D eigenvalue weighted by Gasteiger charge is -2.27. The second-order valence-corrected chi connectivity index (χ2v) is 4.56. The Morgan fingerprint density at radius 3 is 2.50 bits per heavy atom. The molecule has 0 amide bonds. The highest BCUT2D eigenvalue weighted by molar-refractivity contribution is 5.76. The SMILES string of the molecule is CCC(CC)(CNc1cc(F)ccc1[N+](=O)[O-])C(=O)O. The number of anilines is 1. The fraction of sp³-hybridized carbons (Fsp3) is 0.462. The van der Waals surface area contributed by atoms with E-state index in [0.717, 1.165) is 18.2 Å². The fourth-order valence-electron chi connectivity index (χ4n) is 1.95. The Morgan fingerprint density at radius 1 is 1.45 bits per heavy atom. The van der Waals surface area contributed by atoms with Gasteiger partial charge in [0.25, 0.3) is 5.69 Å². The smallest absolute Gasteiger partial charge is 0.311 e. The fourth-order valence-corrected chi connectivity index (χ4v) is 1.95. The number of nitrogens with one attached hydrogen (secondary N) is 1. The quantitative estimate of drug-likeness (QED) is 0.593. The van der Waals surface area contributed by atoms with Crippen LogP contribution in [0, 0.1) is 21.3 Å². The van der Waals surface area contributed by atoms with Crippen LogP contribution in [0.4, 0.5) is 15.8 Å². The summed E-state index contributed by atoms with van der Waals surface area (Å²) < 4.78 is 13.2. The van der Waals surface area contributed by atoms with Crippen molar-refractivity contribution in [1.82, 2.24) is 0 Å². The Hall–Kier alpha value is -2.18. The molecule has 0 saturated carbocycles. The second kappa shape index (κ2) is 6.31. The maximum atomic E-state index is 13.2. The lowest BCUT2D eigenvalue weighted by Crippen LogP contribution is -2.37. The summed E-state index contributed by atoms with van der Waals surface area (Å²) in [5, 5.41) is 22.8. The Labute approximate surface area is 115 Å². The van der Waals surface area contributed by atoms with Crippen molar-refractivity contribution >= 4 is 17.3 Å². The number of hydrogen-bond donors (Lipinski definition) is 2. The first kappa shape index (κ1) is 15.9. The summed E-state index contributed by atoms with van der Waals surface area (Å²) in [6.07, 6.45) is 0.740. The van der Waals surface area contributed by atoms with Crippen molar-refractivity contribution in [2.75, 3.05) is 11.9 Å². The van der Waals surface area contributed by atoms with E-state index in [0.29, 0.717) is 12.8 Å². The van der Waals surface area contributed by atoms with Crippen LogP contribution in [0.1, 0.15) is 26.7 Å². The zero-order chi connectivity index (χ0) is 15.3. The molecule has 110 valence electrons. The summed E-state index contributed by atoms with van der Waals surface area (Å²) in [6, 6.07) is 3.04. The molecule has 0 fully saturated rings. The van der Waals surface area contributed by atoms with E-state index in [4.69, 9.17) is 0 Å². The molecule has 7 heteroatoms. The number of carboxylic acid groups (broad SMARTS) is 1. The molecule has 0 bridgehead atoms. The van der Waals surface area contributed by atoms with E-state index < -0.39 is 22.1 Å². The molecule has 1 rings (SSSR count). The van der Waals surface area contributed by atoms with Gasteiger partial charge in [0.2, 0.25) is 0 Å². The van der Waals surface area contributed by atoms with Crippen LogP contribution in [-0.2, 0) is 4.79 Å². The lowest BCUT2D eigenvalue weighted by atomic mass is 9.82. The van der Waals surface area contributed by atoms with Gasteiger partial charge in [-0.25, -0.2) is 4.39 Å². The minimum absolute atomic E-state index is 0.000370. The Bertz CT molecular complexity index is 515. The van der Waals surface area contributed by atoms with E-state index in [1.807, 2.05) is 0 Å². The number of halogens is 1. The van der Waals surface area contributed by atoms with Crippen molar-refractivity contribution in [2.24, 2.45) is 5.41 Å². The standard InChI is InChI=1S/C13H17FN2O4/c1-3-13(4-2,12(17)18)8-15-10-7-9(14)5-6-11(10)16(19)20/h5-7,15H,3-4,8H2,1-2H3,(H,17,18). The Balaban J connectivity index is 3.01. The molecule has 0 saturated heterocycles. The number of nitrogens with zero attached hydrogens (tertiary/aromatic N) is 1. The maximum absolute atomic E-state index is 13.2. The van der Waals surface area contributed by atoms with Gasteiger partial charge in [-0.2, -0.15) is 0 Å². The molecule has 0 aliphatic heterocycles. The van der Waals surface area contributed by atoms with Gasteiger partial charge < -0.3 is 10.4 Å². The number of carboxylic acids is 1. The average molecular weight is 284 g/mol. The normalized spacial score (nSPS) is 11.2. The molecule has 1 aromatic carbocycles. The third kappa shape index (κ3) is 3.23. The first-order valence-electron chi connectivity index (χ1n) is 6.27. The third-order valence-corrected chi connectivity index (χ3v) is 3.58. The number of nitro groups is 1. The van der Waals surface area contributed by atoms with E-state index in [1.54, 1.807) is 13.8 Å². The summed E-state index contributed by atoms with van der Waals surface area (Å²) in [4.78, 5) is 21.6. The van der Waals surface area contributed by atoms with Crippen LogP contribution in [0.3, 0.4) is 0 Å². The summed E-state index contributed by atoms with van der Waals surface area (Å²) in [5.74, 6) is -1.60. The summed E-state index contributed by atoms with van der Waals surface area (Å²) in [6.45, 7) is 3.47. The molecule has 2 N–H and O–H groups in total. The van der Waals surface area contributed by atoms with Gasteiger partial charge in [0, 0.05) is 18.7 Å². The van der Waals surface area contributed by atoms with Gasteiger partial charge in [-0.15, -0.1) is 0 Å². The Kier molecular flexibility index (Phi) is 5.01. The summed E-state index contributed by atoms with van der Waals surface area (Å²) >= 11 is 0. The molecule has 0 aliphatic carbocycles. The number of carbonyl (C=O) groups is 1. The molecule has 0 heterocycles. The van der Waals surface area contributed by atoms with Crippen LogP contribution in [0.2, 0.25) is 0 Å². The highest BCUT2D eigenvalue weighted by atomic mass is 19.1. The van der Waals surface area contributed by atoms with Crippen molar-refractivity contribution in [1.29, 1.82) is 0 Å². The van der Waals surface area contributed by atoms with Gasteiger partial charge in [-0.3, -0.25) is 14.9 Å². The van der Waals surface area contributed by atoms with Gasteiger partial charge in [0.05, 0.1) is 10.3 Å². The first-order valence-corrected chi connectivity index (χ1v) is 6.27. The van der Waals surface area contributed by atoms with Crippen molar-refractivity contribution in [3.8, 4) is 0 Å². The molecule has 0 atom stereocenters. The molecule has 0 aromatic heterocycles. The number of hydrogen-bond acceptors (Lipinski definition) is 4. The Morgan fingerprint density at radius 2 is 2.05 bits per heavy atom. The van der Waals surface area contributed by atoms with Crippen molar-refractivity contribution in [3.63, 3.8) is 0 Å². The molecule has 0 aliphatic rings. The molecule has 0 spiro atoms. The molecule has 6 nitrogen and oxygen atoms in total. The molecule has 0 radical (unpaired) electrons. The van der Waals surface area contributed by atoms with Crippen LogP contribution in [0.25, 0.3) is 0 Å². The average Bonchev–Trinajstić information content (AvgIpc) is 2.39. The third-order valence-electron chi connectivity index (χ3n) is 3.58. The van der Waals surface area contributed by atoms with E-state index in [9.17, 15) is 24.4 Å². The molecule has 1 aromatic rings. The van der Waals surface area contributed by atoms with Crippen molar-refractivity contribution < 1.29 is 19.2 Å². The van der Waals surface area contributed by atoms with Crippen LogP contribution >= 0.6 is 0 Å². The van der Waals surface area contributed by atoms with Gasteiger partial charge >= 0.3 is 5.97 Å². The predicted octanol–water partition coefficient (Wildman–Crippen LogP) is 3.04. The molecule has 0 unspecified atom stereocenters. The second-order valence-electron chi connectivity index (χ2n) is 4.56. The highest BCUT2D eigenvalue weighted by Gasteiger charge is 2.35. The minimum Gasteiger partial charge on any atom is -0.481 e. The van der Waals surface area contributed by atoms with Crippen molar-refractivity contribution in [3.05, 3.63) is 34.1 Å². The zero-order valence-electron chi connectivity index (χ0n) is 11.4.